The number of hydrogen-bond donors (Lipinski definition) is 2. The highest BCUT2D eigenvalue weighted by Gasteiger charge is 2.01. The highest BCUT2D eigenvalue weighted by Crippen LogP contribution is 2.02. The van der Waals surface area contributed by atoms with Gasteiger partial charge in [-0.2, -0.15) is 5.10 Å². The molecule has 1 aromatic heterocycles. The predicted molar refractivity (Wildman–Crippen MR) is 111 cm³/mol. The van der Waals surface area contributed by atoms with Gasteiger partial charge in [-0.15, -0.1) is 0 Å². The van der Waals surface area contributed by atoms with Crippen molar-refractivity contribution in [1.82, 2.24) is 20.4 Å². The summed E-state index contributed by atoms with van der Waals surface area (Å²) in [6, 6.07) is 12.4. The van der Waals surface area contributed by atoms with Gasteiger partial charge in [-0.25, -0.2) is 0 Å². The van der Waals surface area contributed by atoms with Crippen molar-refractivity contribution in [1.29, 1.82) is 0 Å². The third kappa shape index (κ3) is 8.26. The Morgan fingerprint density at radius 2 is 1.81 bits per heavy atom. The number of ether oxygens (including phenoxy) is 1. The van der Waals surface area contributed by atoms with Gasteiger partial charge in [-0.3, -0.25) is 9.67 Å². The van der Waals surface area contributed by atoms with Crippen LogP contribution in [0, 0.1) is 13.8 Å². The van der Waals surface area contributed by atoms with Crippen LogP contribution in [0.3, 0.4) is 0 Å². The van der Waals surface area contributed by atoms with E-state index in [4.69, 9.17) is 4.74 Å². The second-order valence-electron chi connectivity index (χ2n) is 6.67. The molecule has 6 heteroatoms. The van der Waals surface area contributed by atoms with Crippen LogP contribution in [0.15, 0.2) is 41.4 Å². The number of aryl methyl sites for hydroxylation is 3. The molecule has 2 aromatic rings. The third-order valence-electron chi connectivity index (χ3n) is 4.29. The molecule has 0 saturated heterocycles. The Morgan fingerprint density at radius 1 is 1.07 bits per heavy atom. The van der Waals surface area contributed by atoms with E-state index in [1.54, 1.807) is 7.05 Å². The highest BCUT2D eigenvalue weighted by atomic mass is 16.5. The highest BCUT2D eigenvalue weighted by molar-refractivity contribution is 5.79. The standard InChI is InChI=1S/C21H33N5O/c1-18-16-19(2)26(25-18)14-9-13-24-21(22-3)23-12-7-8-15-27-17-20-10-5-4-6-11-20/h4-6,10-11,16H,7-9,12-15,17H2,1-3H3,(H2,22,23,24). The number of hydrogen-bond acceptors (Lipinski definition) is 3. The number of rotatable bonds is 11. The Balaban J connectivity index is 1.48. The molecule has 0 radical (unpaired) electrons. The van der Waals surface area contributed by atoms with E-state index in [-0.39, 0.29) is 0 Å². The second kappa shape index (κ2) is 12.1. The first-order valence-corrected chi connectivity index (χ1v) is 9.76. The van der Waals surface area contributed by atoms with E-state index >= 15 is 0 Å². The summed E-state index contributed by atoms with van der Waals surface area (Å²) in [6.07, 6.45) is 3.10. The summed E-state index contributed by atoms with van der Waals surface area (Å²) in [7, 11) is 1.80. The maximum atomic E-state index is 5.70. The van der Waals surface area contributed by atoms with Crippen LogP contribution in [0.1, 0.15) is 36.2 Å². The minimum atomic E-state index is 0.687. The molecule has 0 aliphatic rings. The zero-order chi connectivity index (χ0) is 19.3. The zero-order valence-corrected chi connectivity index (χ0v) is 16.9. The van der Waals surface area contributed by atoms with E-state index in [0.29, 0.717) is 6.61 Å². The largest absolute Gasteiger partial charge is 0.377 e. The molecular weight excluding hydrogens is 338 g/mol. The molecule has 0 unspecified atom stereocenters. The first-order chi connectivity index (χ1) is 13.2. The van der Waals surface area contributed by atoms with Crippen LogP contribution in [0.5, 0.6) is 0 Å². The average molecular weight is 372 g/mol. The number of benzene rings is 1. The number of aliphatic imine (C=N–C) groups is 1. The van der Waals surface area contributed by atoms with Crippen molar-refractivity contribution in [3.8, 4) is 0 Å². The van der Waals surface area contributed by atoms with Gasteiger partial charge in [0, 0.05) is 39.0 Å². The molecule has 2 rings (SSSR count). The van der Waals surface area contributed by atoms with Gasteiger partial charge in [0.25, 0.3) is 0 Å². The molecule has 0 bridgehead atoms. The van der Waals surface area contributed by atoms with Crippen LogP contribution >= 0.6 is 0 Å². The summed E-state index contributed by atoms with van der Waals surface area (Å²) >= 11 is 0. The van der Waals surface area contributed by atoms with Crippen molar-refractivity contribution in [2.75, 3.05) is 26.7 Å². The van der Waals surface area contributed by atoms with E-state index in [1.807, 2.05) is 25.1 Å². The Bertz CT molecular complexity index is 681. The summed E-state index contributed by atoms with van der Waals surface area (Å²) in [6.45, 7) is 8.28. The van der Waals surface area contributed by atoms with Crippen molar-refractivity contribution >= 4 is 5.96 Å². The maximum absolute atomic E-state index is 5.70. The minimum absolute atomic E-state index is 0.687. The molecule has 0 atom stereocenters. The number of aromatic nitrogens is 2. The minimum Gasteiger partial charge on any atom is -0.377 e. The van der Waals surface area contributed by atoms with Crippen molar-refractivity contribution in [2.24, 2.45) is 4.99 Å². The normalized spacial score (nSPS) is 11.6. The molecule has 1 heterocycles. The lowest BCUT2D eigenvalue weighted by molar-refractivity contribution is 0.117. The molecule has 0 spiro atoms. The van der Waals surface area contributed by atoms with E-state index < -0.39 is 0 Å². The van der Waals surface area contributed by atoms with Gasteiger partial charge in [-0.05, 0) is 44.7 Å². The maximum Gasteiger partial charge on any atom is 0.190 e. The van der Waals surface area contributed by atoms with Crippen LogP contribution in [-0.4, -0.2) is 42.5 Å². The lowest BCUT2D eigenvalue weighted by Crippen LogP contribution is -2.38. The van der Waals surface area contributed by atoms with Crippen LogP contribution in [0.4, 0.5) is 0 Å². The van der Waals surface area contributed by atoms with E-state index in [2.05, 4.69) is 50.5 Å². The summed E-state index contributed by atoms with van der Waals surface area (Å²) in [4.78, 5) is 4.27. The van der Waals surface area contributed by atoms with Gasteiger partial charge in [0.15, 0.2) is 5.96 Å². The summed E-state index contributed by atoms with van der Waals surface area (Å²) in [5.74, 6) is 0.855. The average Bonchev–Trinajstić information content (AvgIpc) is 3.00. The van der Waals surface area contributed by atoms with E-state index in [9.17, 15) is 0 Å². The zero-order valence-electron chi connectivity index (χ0n) is 16.9. The lowest BCUT2D eigenvalue weighted by Gasteiger charge is -2.12. The van der Waals surface area contributed by atoms with Crippen molar-refractivity contribution in [3.63, 3.8) is 0 Å². The van der Waals surface area contributed by atoms with Crippen molar-refractivity contribution in [2.45, 2.75) is 46.3 Å². The molecule has 27 heavy (non-hydrogen) atoms. The lowest BCUT2D eigenvalue weighted by atomic mass is 10.2. The summed E-state index contributed by atoms with van der Waals surface area (Å²) in [5.41, 5.74) is 3.51. The van der Waals surface area contributed by atoms with E-state index in [0.717, 1.165) is 57.2 Å². The van der Waals surface area contributed by atoms with Crippen LogP contribution < -0.4 is 10.6 Å². The fourth-order valence-corrected chi connectivity index (χ4v) is 2.86. The molecule has 0 saturated carbocycles. The smallest absolute Gasteiger partial charge is 0.190 e. The van der Waals surface area contributed by atoms with Gasteiger partial charge in [-0.1, -0.05) is 30.3 Å². The fraction of sp³-hybridized carbons (Fsp3) is 0.524. The Morgan fingerprint density at radius 3 is 2.48 bits per heavy atom. The molecule has 148 valence electrons. The van der Waals surface area contributed by atoms with Gasteiger partial charge in [0.05, 0.1) is 12.3 Å². The Kier molecular flexibility index (Phi) is 9.41. The van der Waals surface area contributed by atoms with Crippen LogP contribution in [-0.2, 0) is 17.9 Å². The van der Waals surface area contributed by atoms with Gasteiger partial charge < -0.3 is 15.4 Å². The topological polar surface area (TPSA) is 63.5 Å². The summed E-state index contributed by atoms with van der Waals surface area (Å²) in [5, 5.41) is 11.2. The quantitative estimate of drug-likeness (QED) is 0.362. The van der Waals surface area contributed by atoms with Gasteiger partial charge in [0.2, 0.25) is 0 Å². The number of nitrogens with zero attached hydrogens (tertiary/aromatic N) is 3. The molecular formula is C21H33N5O. The monoisotopic (exact) mass is 371 g/mol. The molecule has 0 amide bonds. The van der Waals surface area contributed by atoms with Crippen LogP contribution in [0.25, 0.3) is 0 Å². The number of unbranched alkanes of at least 4 members (excludes halogenated alkanes) is 1. The second-order valence-corrected chi connectivity index (χ2v) is 6.67. The molecule has 0 fully saturated rings. The van der Waals surface area contributed by atoms with Gasteiger partial charge in [0.1, 0.15) is 0 Å². The molecule has 0 aliphatic heterocycles. The first-order valence-electron chi connectivity index (χ1n) is 9.76. The SMILES string of the molecule is CN=C(NCCCCOCc1ccccc1)NCCCn1nc(C)cc1C. The van der Waals surface area contributed by atoms with Crippen LogP contribution in [0.2, 0.25) is 0 Å². The number of guanidine groups is 1. The number of nitrogens with one attached hydrogen (secondary N) is 2. The Hall–Kier alpha value is -2.34. The van der Waals surface area contributed by atoms with Crippen molar-refractivity contribution in [3.05, 3.63) is 53.3 Å². The predicted octanol–water partition coefficient (Wildman–Crippen LogP) is 3.05. The fourth-order valence-electron chi connectivity index (χ4n) is 2.86. The summed E-state index contributed by atoms with van der Waals surface area (Å²) < 4.78 is 7.76. The molecule has 1 aromatic carbocycles. The molecule has 2 N–H and O–H groups in total. The molecule has 0 aliphatic carbocycles. The first kappa shape index (κ1) is 21.0. The van der Waals surface area contributed by atoms with Gasteiger partial charge >= 0.3 is 0 Å². The van der Waals surface area contributed by atoms with E-state index in [1.165, 1.54) is 11.3 Å². The molecule has 6 nitrogen and oxygen atoms in total. The Labute approximate surface area is 163 Å². The van der Waals surface area contributed by atoms with Crippen molar-refractivity contribution < 1.29 is 4.74 Å². The third-order valence-corrected chi connectivity index (χ3v) is 4.29.